The summed E-state index contributed by atoms with van der Waals surface area (Å²) in [7, 11) is -4.22. The predicted octanol–water partition coefficient (Wildman–Crippen LogP) is 6.66. The largest absolute Gasteiger partial charge is 0.352 e. The van der Waals surface area contributed by atoms with Crippen LogP contribution in [0, 0.1) is 6.92 Å². The van der Waals surface area contributed by atoms with E-state index in [1.807, 2.05) is 57.2 Å². The summed E-state index contributed by atoms with van der Waals surface area (Å²) in [5.74, 6) is -0.921. The molecule has 1 N–H and O–H groups in total. The van der Waals surface area contributed by atoms with Crippen molar-refractivity contribution in [2.75, 3.05) is 10.8 Å². The molecule has 0 saturated heterocycles. The number of carbonyl (C=O) groups excluding carboxylic acids is 2. The Morgan fingerprint density at radius 1 is 0.841 bits per heavy atom. The minimum Gasteiger partial charge on any atom is -0.352 e. The number of halogens is 2. The van der Waals surface area contributed by atoms with E-state index in [1.165, 1.54) is 29.2 Å². The van der Waals surface area contributed by atoms with Crippen molar-refractivity contribution in [2.45, 2.75) is 50.7 Å². The SMILES string of the molecule is Cc1cccc(N(CC(=O)N(Cc2ccccc2Cl)C(Cc2ccccc2)C(=O)NC(C)C)S(=O)(=O)c2ccc(Cl)cc2)c1. The van der Waals surface area contributed by atoms with Crippen LogP contribution in [-0.2, 0) is 32.6 Å². The number of nitrogens with zero attached hydrogens (tertiary/aromatic N) is 2. The minimum absolute atomic E-state index is 0.00975. The van der Waals surface area contributed by atoms with Gasteiger partial charge in [0.15, 0.2) is 0 Å². The number of hydrogen-bond acceptors (Lipinski definition) is 4. The maximum Gasteiger partial charge on any atom is 0.264 e. The van der Waals surface area contributed by atoms with Crippen LogP contribution in [0.1, 0.15) is 30.5 Å². The van der Waals surface area contributed by atoms with Crippen molar-refractivity contribution in [2.24, 2.45) is 0 Å². The Kier molecular flexibility index (Phi) is 11.1. The van der Waals surface area contributed by atoms with Crippen LogP contribution in [0.2, 0.25) is 10.0 Å². The molecule has 1 atom stereocenters. The monoisotopic (exact) mass is 651 g/mol. The smallest absolute Gasteiger partial charge is 0.264 e. The van der Waals surface area contributed by atoms with Crippen molar-refractivity contribution >= 4 is 50.7 Å². The molecule has 230 valence electrons. The normalized spacial score (nSPS) is 12.0. The van der Waals surface area contributed by atoms with Gasteiger partial charge in [0.25, 0.3) is 10.0 Å². The van der Waals surface area contributed by atoms with Crippen molar-refractivity contribution in [1.29, 1.82) is 0 Å². The fourth-order valence-corrected chi connectivity index (χ4v) is 6.52. The van der Waals surface area contributed by atoms with Gasteiger partial charge in [0.2, 0.25) is 11.8 Å². The van der Waals surface area contributed by atoms with Gasteiger partial charge in [-0.25, -0.2) is 8.42 Å². The zero-order valence-corrected chi connectivity index (χ0v) is 27.1. The molecule has 4 aromatic carbocycles. The van der Waals surface area contributed by atoms with Gasteiger partial charge in [-0.2, -0.15) is 0 Å². The lowest BCUT2D eigenvalue weighted by molar-refractivity contribution is -0.140. The van der Waals surface area contributed by atoms with Gasteiger partial charge in [-0.3, -0.25) is 13.9 Å². The summed E-state index contributed by atoms with van der Waals surface area (Å²) < 4.78 is 29.2. The molecule has 0 spiro atoms. The van der Waals surface area contributed by atoms with Crippen LogP contribution in [0.4, 0.5) is 5.69 Å². The first-order valence-electron chi connectivity index (χ1n) is 14.2. The average molecular weight is 653 g/mol. The van der Waals surface area contributed by atoms with Crippen LogP contribution >= 0.6 is 23.2 Å². The molecular formula is C34H35Cl2N3O4S. The summed E-state index contributed by atoms with van der Waals surface area (Å²) in [5, 5.41) is 3.75. The lowest BCUT2D eigenvalue weighted by Crippen LogP contribution is -2.54. The van der Waals surface area contributed by atoms with Crippen LogP contribution in [-0.4, -0.2) is 43.8 Å². The van der Waals surface area contributed by atoms with Crippen LogP contribution in [0.15, 0.2) is 108 Å². The van der Waals surface area contributed by atoms with Crippen molar-refractivity contribution in [3.05, 3.63) is 130 Å². The van der Waals surface area contributed by atoms with Gasteiger partial charge in [-0.05, 0) is 79.9 Å². The molecule has 4 rings (SSSR count). The molecule has 2 amide bonds. The van der Waals surface area contributed by atoms with Crippen LogP contribution in [0.25, 0.3) is 0 Å². The molecule has 0 radical (unpaired) electrons. The molecule has 1 unspecified atom stereocenters. The summed E-state index contributed by atoms with van der Waals surface area (Å²) in [6, 6.07) is 28.0. The molecule has 0 aliphatic rings. The minimum atomic E-state index is -4.22. The number of hydrogen-bond donors (Lipinski definition) is 1. The van der Waals surface area contributed by atoms with Gasteiger partial charge in [0.1, 0.15) is 12.6 Å². The second kappa shape index (κ2) is 14.8. The molecule has 0 fully saturated rings. The summed E-state index contributed by atoms with van der Waals surface area (Å²) in [5.41, 5.74) is 2.60. The van der Waals surface area contributed by atoms with Crippen molar-refractivity contribution in [3.63, 3.8) is 0 Å². The maximum absolute atomic E-state index is 14.5. The van der Waals surface area contributed by atoms with E-state index in [-0.39, 0.29) is 29.8 Å². The molecule has 4 aromatic rings. The number of benzene rings is 4. The molecular weight excluding hydrogens is 617 g/mol. The highest BCUT2D eigenvalue weighted by Crippen LogP contribution is 2.27. The highest BCUT2D eigenvalue weighted by molar-refractivity contribution is 7.92. The third-order valence-electron chi connectivity index (χ3n) is 6.97. The Morgan fingerprint density at radius 2 is 1.50 bits per heavy atom. The topological polar surface area (TPSA) is 86.8 Å². The van der Waals surface area contributed by atoms with Crippen LogP contribution in [0.5, 0.6) is 0 Å². The Labute approximate surface area is 269 Å². The van der Waals surface area contributed by atoms with E-state index in [0.29, 0.717) is 21.3 Å². The Morgan fingerprint density at radius 3 is 2.14 bits per heavy atom. The summed E-state index contributed by atoms with van der Waals surface area (Å²) >= 11 is 12.6. The molecule has 7 nitrogen and oxygen atoms in total. The van der Waals surface area contributed by atoms with Gasteiger partial charge >= 0.3 is 0 Å². The van der Waals surface area contributed by atoms with Crippen molar-refractivity contribution < 1.29 is 18.0 Å². The molecule has 10 heteroatoms. The number of nitrogens with one attached hydrogen (secondary N) is 1. The number of carbonyl (C=O) groups is 2. The second-order valence-corrected chi connectivity index (χ2v) is 13.5. The van der Waals surface area contributed by atoms with E-state index in [1.54, 1.807) is 42.5 Å². The predicted molar refractivity (Wildman–Crippen MR) is 176 cm³/mol. The highest BCUT2D eigenvalue weighted by atomic mass is 35.5. The number of amides is 2. The van der Waals surface area contributed by atoms with Gasteiger partial charge in [0, 0.05) is 29.1 Å². The second-order valence-electron chi connectivity index (χ2n) is 10.8. The third kappa shape index (κ3) is 8.40. The lowest BCUT2D eigenvalue weighted by atomic mass is 10.0. The first-order valence-corrected chi connectivity index (χ1v) is 16.4. The quantitative estimate of drug-likeness (QED) is 0.186. The van der Waals surface area contributed by atoms with Gasteiger partial charge in [-0.1, -0.05) is 83.9 Å². The zero-order chi connectivity index (χ0) is 31.9. The first-order chi connectivity index (χ1) is 21.0. The molecule has 0 aromatic heterocycles. The Hall–Kier alpha value is -3.85. The number of sulfonamides is 1. The molecule has 0 heterocycles. The fraction of sp³-hybridized carbons (Fsp3) is 0.235. The maximum atomic E-state index is 14.5. The van der Waals surface area contributed by atoms with E-state index in [9.17, 15) is 18.0 Å². The number of aryl methyl sites for hydroxylation is 1. The average Bonchev–Trinajstić information content (AvgIpc) is 2.98. The number of rotatable bonds is 12. The molecule has 0 aliphatic heterocycles. The lowest BCUT2D eigenvalue weighted by Gasteiger charge is -2.34. The summed E-state index contributed by atoms with van der Waals surface area (Å²) in [4.78, 5) is 29.6. The molecule has 0 saturated carbocycles. The van der Waals surface area contributed by atoms with E-state index in [2.05, 4.69) is 5.32 Å². The molecule has 0 bridgehead atoms. The first kappa shape index (κ1) is 33.1. The van der Waals surface area contributed by atoms with Gasteiger partial charge in [-0.15, -0.1) is 0 Å². The van der Waals surface area contributed by atoms with Crippen molar-refractivity contribution in [3.8, 4) is 0 Å². The highest BCUT2D eigenvalue weighted by Gasteiger charge is 2.35. The summed E-state index contributed by atoms with van der Waals surface area (Å²) in [6.45, 7) is 4.96. The zero-order valence-electron chi connectivity index (χ0n) is 24.8. The van der Waals surface area contributed by atoms with Gasteiger partial charge < -0.3 is 10.2 Å². The van der Waals surface area contributed by atoms with E-state index in [0.717, 1.165) is 15.4 Å². The Bertz CT molecular complexity index is 1700. The van der Waals surface area contributed by atoms with Gasteiger partial charge in [0.05, 0.1) is 10.6 Å². The van der Waals surface area contributed by atoms with E-state index < -0.39 is 28.5 Å². The third-order valence-corrected chi connectivity index (χ3v) is 9.38. The fourth-order valence-electron chi connectivity index (χ4n) is 4.79. The molecule has 44 heavy (non-hydrogen) atoms. The number of anilines is 1. The Balaban J connectivity index is 1.82. The van der Waals surface area contributed by atoms with E-state index >= 15 is 0 Å². The van der Waals surface area contributed by atoms with Crippen molar-refractivity contribution in [1.82, 2.24) is 10.2 Å². The standard InChI is InChI=1S/C34H35Cl2N3O4S/c1-24(2)37-34(41)32(21-26-11-5-4-6-12-26)38(22-27-13-7-8-15-31(27)36)33(40)23-39(29-14-9-10-25(3)20-29)44(42,43)30-18-16-28(35)17-19-30/h4-20,24,32H,21-23H2,1-3H3,(H,37,41). The summed E-state index contributed by atoms with van der Waals surface area (Å²) in [6.07, 6.45) is 0.212. The van der Waals surface area contributed by atoms with Crippen LogP contribution < -0.4 is 9.62 Å². The molecule has 0 aliphatic carbocycles. The van der Waals surface area contributed by atoms with Crippen LogP contribution in [0.3, 0.4) is 0 Å². The van der Waals surface area contributed by atoms with E-state index in [4.69, 9.17) is 23.2 Å².